The van der Waals surface area contributed by atoms with Crippen molar-refractivity contribution in [1.29, 1.82) is 0 Å². The summed E-state index contributed by atoms with van der Waals surface area (Å²) in [5.74, 6) is 0.238. The van der Waals surface area contributed by atoms with E-state index in [1.54, 1.807) is 6.07 Å². The number of hydrogen-bond donors (Lipinski definition) is 1. The molecule has 0 unspecified atom stereocenters. The van der Waals surface area contributed by atoms with Crippen molar-refractivity contribution in [3.8, 4) is 5.75 Å². The van der Waals surface area contributed by atoms with Crippen LogP contribution in [0.4, 0.5) is 5.69 Å². The van der Waals surface area contributed by atoms with Crippen molar-refractivity contribution >= 4 is 5.69 Å². The third-order valence-electron chi connectivity index (χ3n) is 2.14. The molecule has 1 N–H and O–H groups in total. The first-order chi connectivity index (χ1) is 6.96. The van der Waals surface area contributed by atoms with Gasteiger partial charge in [0, 0.05) is 5.56 Å². The van der Waals surface area contributed by atoms with Crippen LogP contribution in [0.3, 0.4) is 0 Å². The van der Waals surface area contributed by atoms with Crippen LogP contribution in [0.25, 0.3) is 0 Å². The zero-order valence-corrected chi connectivity index (χ0v) is 9.78. The fourth-order valence-corrected chi connectivity index (χ4v) is 1.36. The van der Waals surface area contributed by atoms with E-state index in [4.69, 9.17) is 0 Å². The van der Waals surface area contributed by atoms with Crippen molar-refractivity contribution in [3.63, 3.8) is 0 Å². The monoisotopic (exact) mass is 206 g/mol. The van der Waals surface area contributed by atoms with Crippen LogP contribution >= 0.6 is 0 Å². The minimum absolute atomic E-state index is 0.0815. The molecule has 1 aromatic rings. The molecule has 15 heavy (non-hydrogen) atoms. The van der Waals surface area contributed by atoms with E-state index in [-0.39, 0.29) is 11.2 Å². The minimum Gasteiger partial charge on any atom is -0.505 e. The molecule has 0 saturated carbocycles. The number of hydrogen-bond acceptors (Lipinski definition) is 3. The third kappa shape index (κ3) is 2.78. The van der Waals surface area contributed by atoms with Crippen LogP contribution in [-0.2, 0) is 5.41 Å². The highest BCUT2D eigenvalue weighted by Crippen LogP contribution is 2.37. The molecule has 0 aliphatic carbocycles. The average Bonchev–Trinajstić information content (AvgIpc) is 2.14. The van der Waals surface area contributed by atoms with E-state index in [2.05, 4.69) is 31.0 Å². The number of para-hydroxylation sites is 1. The van der Waals surface area contributed by atoms with Gasteiger partial charge in [0.2, 0.25) is 0 Å². The van der Waals surface area contributed by atoms with Gasteiger partial charge in [-0.15, -0.1) is 0 Å². The van der Waals surface area contributed by atoms with Gasteiger partial charge in [-0.25, -0.2) is 0 Å². The Hall–Kier alpha value is -1.38. The van der Waals surface area contributed by atoms with Gasteiger partial charge in [0.1, 0.15) is 11.4 Å². The van der Waals surface area contributed by atoms with Gasteiger partial charge in [-0.05, 0) is 18.4 Å². The lowest BCUT2D eigenvalue weighted by Gasteiger charge is -2.20. The van der Waals surface area contributed by atoms with Gasteiger partial charge in [-0.1, -0.05) is 32.9 Å². The lowest BCUT2D eigenvalue weighted by molar-refractivity contribution is 0.447. The standard InChI is InChI=1S/C12H18N2O/c1-5-13-14-10-8-6-7-9(11(10)15)12(2,3)4/h6-8,15H,5H2,1-4H3. The van der Waals surface area contributed by atoms with E-state index in [1.165, 1.54) is 0 Å². The first-order valence-corrected chi connectivity index (χ1v) is 5.16. The summed E-state index contributed by atoms with van der Waals surface area (Å²) >= 11 is 0. The summed E-state index contributed by atoms with van der Waals surface area (Å²) < 4.78 is 0. The molecule has 0 aliphatic heterocycles. The second-order valence-electron chi connectivity index (χ2n) is 4.48. The van der Waals surface area contributed by atoms with Crippen molar-refractivity contribution in [2.75, 3.05) is 6.54 Å². The van der Waals surface area contributed by atoms with Crippen LogP contribution in [0.5, 0.6) is 5.75 Å². The zero-order chi connectivity index (χ0) is 11.5. The number of aromatic hydroxyl groups is 1. The molecule has 0 aromatic heterocycles. The van der Waals surface area contributed by atoms with Gasteiger partial charge in [0.05, 0.1) is 6.54 Å². The second kappa shape index (κ2) is 4.43. The number of phenolic OH excluding ortho intramolecular Hbond substituents is 1. The summed E-state index contributed by atoms with van der Waals surface area (Å²) in [7, 11) is 0. The molecule has 0 fully saturated rings. The van der Waals surface area contributed by atoms with E-state index in [1.807, 2.05) is 19.1 Å². The Morgan fingerprint density at radius 3 is 2.47 bits per heavy atom. The van der Waals surface area contributed by atoms with Crippen LogP contribution < -0.4 is 0 Å². The van der Waals surface area contributed by atoms with Crippen molar-refractivity contribution in [2.24, 2.45) is 10.2 Å². The highest BCUT2D eigenvalue weighted by Gasteiger charge is 2.19. The maximum absolute atomic E-state index is 10.00. The van der Waals surface area contributed by atoms with Crippen LogP contribution in [-0.4, -0.2) is 11.7 Å². The first kappa shape index (κ1) is 11.7. The molecule has 82 valence electrons. The topological polar surface area (TPSA) is 45.0 Å². The zero-order valence-electron chi connectivity index (χ0n) is 9.78. The molecule has 0 atom stereocenters. The number of benzene rings is 1. The van der Waals surface area contributed by atoms with Crippen molar-refractivity contribution < 1.29 is 5.11 Å². The maximum atomic E-state index is 10.00. The SMILES string of the molecule is CCN=Nc1cccc(C(C)(C)C)c1O. The highest BCUT2D eigenvalue weighted by molar-refractivity contribution is 5.56. The number of nitrogens with zero attached hydrogens (tertiary/aromatic N) is 2. The second-order valence-corrected chi connectivity index (χ2v) is 4.48. The quantitative estimate of drug-likeness (QED) is 0.735. The Labute approximate surface area is 90.9 Å². The summed E-state index contributed by atoms with van der Waals surface area (Å²) in [6.45, 7) is 8.71. The summed E-state index contributed by atoms with van der Waals surface area (Å²) in [6.07, 6.45) is 0. The molecule has 3 heteroatoms. The average molecular weight is 206 g/mol. The molecule has 0 heterocycles. The van der Waals surface area contributed by atoms with E-state index in [0.717, 1.165) is 5.56 Å². The van der Waals surface area contributed by atoms with Crippen LogP contribution in [0.1, 0.15) is 33.3 Å². The summed E-state index contributed by atoms with van der Waals surface area (Å²) in [5.41, 5.74) is 1.36. The van der Waals surface area contributed by atoms with E-state index < -0.39 is 0 Å². The normalized spacial score (nSPS) is 12.3. The molecule has 0 amide bonds. The van der Waals surface area contributed by atoms with E-state index >= 15 is 0 Å². The van der Waals surface area contributed by atoms with E-state index in [9.17, 15) is 5.11 Å². The predicted molar refractivity (Wildman–Crippen MR) is 61.9 cm³/mol. The Bertz CT molecular complexity index is 364. The molecule has 0 aliphatic rings. The minimum atomic E-state index is -0.0815. The molecule has 3 nitrogen and oxygen atoms in total. The summed E-state index contributed by atoms with van der Waals surface area (Å²) in [6, 6.07) is 5.58. The van der Waals surface area contributed by atoms with Gasteiger partial charge in [0.15, 0.2) is 0 Å². The van der Waals surface area contributed by atoms with Crippen LogP contribution in [0.15, 0.2) is 28.4 Å². The number of phenols is 1. The van der Waals surface area contributed by atoms with Crippen molar-refractivity contribution in [2.45, 2.75) is 33.1 Å². The Morgan fingerprint density at radius 2 is 1.93 bits per heavy atom. The number of azo groups is 1. The van der Waals surface area contributed by atoms with Gasteiger partial charge < -0.3 is 5.11 Å². The Kier molecular flexibility index (Phi) is 3.45. The summed E-state index contributed by atoms with van der Waals surface area (Å²) in [5, 5.41) is 17.9. The lowest BCUT2D eigenvalue weighted by Crippen LogP contribution is -2.10. The Balaban J connectivity index is 3.17. The van der Waals surface area contributed by atoms with Crippen molar-refractivity contribution in [1.82, 2.24) is 0 Å². The molecule has 0 radical (unpaired) electrons. The van der Waals surface area contributed by atoms with Gasteiger partial charge in [0.25, 0.3) is 0 Å². The molecule has 1 rings (SSSR count). The predicted octanol–water partition coefficient (Wildman–Crippen LogP) is 3.79. The summed E-state index contributed by atoms with van der Waals surface area (Å²) in [4.78, 5) is 0. The van der Waals surface area contributed by atoms with Gasteiger partial charge in [-0.3, -0.25) is 0 Å². The maximum Gasteiger partial charge on any atom is 0.146 e. The molecule has 1 aromatic carbocycles. The first-order valence-electron chi connectivity index (χ1n) is 5.16. The third-order valence-corrected chi connectivity index (χ3v) is 2.14. The molecule has 0 bridgehead atoms. The smallest absolute Gasteiger partial charge is 0.146 e. The largest absolute Gasteiger partial charge is 0.505 e. The Morgan fingerprint density at radius 1 is 1.27 bits per heavy atom. The van der Waals surface area contributed by atoms with Crippen LogP contribution in [0.2, 0.25) is 0 Å². The van der Waals surface area contributed by atoms with E-state index in [0.29, 0.717) is 12.2 Å². The van der Waals surface area contributed by atoms with Gasteiger partial charge in [-0.2, -0.15) is 10.2 Å². The molecular formula is C12H18N2O. The molecule has 0 spiro atoms. The highest BCUT2D eigenvalue weighted by atomic mass is 16.3. The van der Waals surface area contributed by atoms with Gasteiger partial charge >= 0.3 is 0 Å². The van der Waals surface area contributed by atoms with Crippen molar-refractivity contribution in [3.05, 3.63) is 23.8 Å². The lowest BCUT2D eigenvalue weighted by atomic mass is 9.86. The van der Waals surface area contributed by atoms with Crippen LogP contribution in [0, 0.1) is 0 Å². The molecule has 0 saturated heterocycles. The fraction of sp³-hybridized carbons (Fsp3) is 0.500. The number of rotatable bonds is 2. The fourth-order valence-electron chi connectivity index (χ4n) is 1.36. The molecular weight excluding hydrogens is 188 g/mol.